The molecule has 0 saturated carbocycles. The molecule has 138 valence electrons. The number of nitro benzene ring substituents is 1. The smallest absolute Gasteiger partial charge is 0.269 e. The summed E-state index contributed by atoms with van der Waals surface area (Å²) in [6.07, 6.45) is 0. The fourth-order valence-electron chi connectivity index (χ4n) is 3.63. The summed E-state index contributed by atoms with van der Waals surface area (Å²) in [5, 5.41) is 14.2. The van der Waals surface area contributed by atoms with Gasteiger partial charge < -0.3 is 5.32 Å². The molecule has 0 fully saturated rings. The highest BCUT2D eigenvalue weighted by Gasteiger charge is 2.54. The quantitative estimate of drug-likeness (QED) is 0.419. The highest BCUT2D eigenvalue weighted by molar-refractivity contribution is 6.34. The summed E-state index contributed by atoms with van der Waals surface area (Å²) in [7, 11) is 0. The highest BCUT2D eigenvalue weighted by Crippen LogP contribution is 2.41. The van der Waals surface area contributed by atoms with E-state index in [-0.39, 0.29) is 17.3 Å². The lowest BCUT2D eigenvalue weighted by Crippen LogP contribution is -2.46. The van der Waals surface area contributed by atoms with Gasteiger partial charge in [-0.1, -0.05) is 54.6 Å². The maximum Gasteiger partial charge on any atom is 0.269 e. The van der Waals surface area contributed by atoms with Crippen LogP contribution in [0.3, 0.4) is 0 Å². The Kier molecular flexibility index (Phi) is 4.04. The Bertz CT molecular complexity index is 1090. The van der Waals surface area contributed by atoms with Gasteiger partial charge >= 0.3 is 0 Å². The number of benzene rings is 3. The monoisotopic (exact) mass is 372 g/mol. The van der Waals surface area contributed by atoms with E-state index in [1.54, 1.807) is 55.5 Å². The maximum absolute atomic E-state index is 13.4. The van der Waals surface area contributed by atoms with E-state index in [2.05, 4.69) is 5.32 Å². The third-order valence-corrected chi connectivity index (χ3v) is 5.05. The molecule has 0 heterocycles. The molecule has 0 aliphatic heterocycles. The van der Waals surface area contributed by atoms with Crippen LogP contribution in [0.1, 0.15) is 31.8 Å². The van der Waals surface area contributed by atoms with Crippen molar-refractivity contribution in [2.24, 2.45) is 0 Å². The normalized spacial score (nSPS) is 14.6. The van der Waals surface area contributed by atoms with Crippen LogP contribution in [0.25, 0.3) is 0 Å². The van der Waals surface area contributed by atoms with E-state index in [1.165, 1.54) is 18.2 Å². The zero-order valence-electron chi connectivity index (χ0n) is 15.0. The van der Waals surface area contributed by atoms with Gasteiger partial charge in [-0.3, -0.25) is 19.7 Å². The molecule has 0 bridgehead atoms. The molecular weight excluding hydrogens is 356 g/mol. The van der Waals surface area contributed by atoms with Gasteiger partial charge in [-0.2, -0.15) is 0 Å². The van der Waals surface area contributed by atoms with Gasteiger partial charge in [0.1, 0.15) is 0 Å². The maximum atomic E-state index is 13.4. The lowest BCUT2D eigenvalue weighted by Gasteiger charge is -2.29. The van der Waals surface area contributed by atoms with E-state index in [9.17, 15) is 19.7 Å². The Morgan fingerprint density at radius 3 is 1.96 bits per heavy atom. The molecule has 0 radical (unpaired) electrons. The Morgan fingerprint density at radius 1 is 0.857 bits per heavy atom. The van der Waals surface area contributed by atoms with Crippen molar-refractivity contribution in [3.05, 3.63) is 105 Å². The molecule has 3 aromatic rings. The Labute approximate surface area is 161 Å². The molecule has 6 nitrogen and oxygen atoms in total. The minimum atomic E-state index is -1.61. The van der Waals surface area contributed by atoms with E-state index < -0.39 is 10.5 Å². The van der Waals surface area contributed by atoms with Crippen LogP contribution in [-0.2, 0) is 5.54 Å². The predicted octanol–water partition coefficient (Wildman–Crippen LogP) is 4.29. The molecule has 0 amide bonds. The summed E-state index contributed by atoms with van der Waals surface area (Å²) in [6, 6.07) is 19.8. The fourth-order valence-corrected chi connectivity index (χ4v) is 3.63. The van der Waals surface area contributed by atoms with E-state index >= 15 is 0 Å². The van der Waals surface area contributed by atoms with Gasteiger partial charge in [-0.15, -0.1) is 0 Å². The molecule has 1 aliphatic rings. The van der Waals surface area contributed by atoms with Crippen molar-refractivity contribution in [3.8, 4) is 0 Å². The number of hydrogen-bond acceptors (Lipinski definition) is 5. The third kappa shape index (κ3) is 2.50. The molecule has 6 heteroatoms. The summed E-state index contributed by atoms with van der Waals surface area (Å²) in [4.78, 5) is 37.4. The first-order chi connectivity index (χ1) is 13.4. The zero-order chi connectivity index (χ0) is 19.9. The Hall–Kier alpha value is -3.80. The van der Waals surface area contributed by atoms with E-state index in [0.29, 0.717) is 27.9 Å². The number of nitrogens with one attached hydrogen (secondary N) is 1. The third-order valence-electron chi connectivity index (χ3n) is 5.05. The van der Waals surface area contributed by atoms with Crippen molar-refractivity contribution in [2.75, 3.05) is 5.32 Å². The minimum Gasteiger partial charge on any atom is -0.362 e. The average molecular weight is 372 g/mol. The van der Waals surface area contributed by atoms with Gasteiger partial charge in [-0.25, -0.2) is 0 Å². The number of nitrogens with zero attached hydrogens (tertiary/aromatic N) is 1. The molecule has 0 saturated heterocycles. The second-order valence-electron chi connectivity index (χ2n) is 6.70. The van der Waals surface area contributed by atoms with Gasteiger partial charge in [0.15, 0.2) is 5.54 Å². The second-order valence-corrected chi connectivity index (χ2v) is 6.70. The standard InChI is InChI=1S/C22H16N2O4/c1-14-13-16(24(27)28)11-12-19(14)23-22(15-7-3-2-4-8-15)20(25)17-9-5-6-10-18(17)21(22)26/h2-13,23H,1H3. The summed E-state index contributed by atoms with van der Waals surface area (Å²) in [6.45, 7) is 1.70. The molecule has 0 spiro atoms. The summed E-state index contributed by atoms with van der Waals surface area (Å²) < 4.78 is 0. The zero-order valence-corrected chi connectivity index (χ0v) is 15.0. The van der Waals surface area contributed by atoms with Crippen molar-refractivity contribution in [3.63, 3.8) is 0 Å². The minimum absolute atomic E-state index is 0.0517. The number of aryl methyl sites for hydroxylation is 1. The highest BCUT2D eigenvalue weighted by atomic mass is 16.6. The first-order valence-electron chi connectivity index (χ1n) is 8.72. The van der Waals surface area contributed by atoms with Crippen LogP contribution in [0.15, 0.2) is 72.8 Å². The average Bonchev–Trinajstić information content (AvgIpc) is 2.93. The Balaban J connectivity index is 1.89. The van der Waals surface area contributed by atoms with Crippen molar-refractivity contribution >= 4 is 22.9 Å². The number of nitro groups is 1. The number of rotatable bonds is 4. The largest absolute Gasteiger partial charge is 0.362 e. The van der Waals surface area contributed by atoms with Crippen molar-refractivity contribution in [2.45, 2.75) is 12.5 Å². The Morgan fingerprint density at radius 2 is 1.43 bits per heavy atom. The topological polar surface area (TPSA) is 89.3 Å². The van der Waals surface area contributed by atoms with Gasteiger partial charge in [-0.05, 0) is 24.1 Å². The number of Topliss-reactive ketones (excluding diaryl/α,β-unsaturated/α-hetero) is 2. The van der Waals surface area contributed by atoms with Gasteiger partial charge in [0, 0.05) is 28.9 Å². The number of non-ortho nitro benzene ring substituents is 1. The summed E-state index contributed by atoms with van der Waals surface area (Å²) >= 11 is 0. The lowest BCUT2D eigenvalue weighted by molar-refractivity contribution is -0.384. The van der Waals surface area contributed by atoms with E-state index in [1.807, 2.05) is 6.07 Å². The van der Waals surface area contributed by atoms with Crippen LogP contribution >= 0.6 is 0 Å². The number of ketones is 2. The number of hydrogen-bond donors (Lipinski definition) is 1. The van der Waals surface area contributed by atoms with Crippen molar-refractivity contribution in [1.29, 1.82) is 0 Å². The van der Waals surface area contributed by atoms with Crippen LogP contribution in [0.5, 0.6) is 0 Å². The molecule has 0 aromatic heterocycles. The van der Waals surface area contributed by atoms with Crippen molar-refractivity contribution < 1.29 is 14.5 Å². The molecule has 4 rings (SSSR count). The molecule has 1 N–H and O–H groups in total. The van der Waals surface area contributed by atoms with Crippen LogP contribution in [0.4, 0.5) is 11.4 Å². The number of fused-ring (bicyclic) bond motifs is 1. The first-order valence-corrected chi connectivity index (χ1v) is 8.72. The molecular formula is C22H16N2O4. The van der Waals surface area contributed by atoms with Crippen LogP contribution in [-0.4, -0.2) is 16.5 Å². The second kappa shape index (κ2) is 6.42. The number of anilines is 1. The molecule has 1 aliphatic carbocycles. The number of carbonyl (C=O) groups excluding carboxylic acids is 2. The van der Waals surface area contributed by atoms with E-state index in [0.717, 1.165) is 0 Å². The van der Waals surface area contributed by atoms with Crippen molar-refractivity contribution in [1.82, 2.24) is 0 Å². The van der Waals surface area contributed by atoms with Gasteiger partial charge in [0.05, 0.1) is 4.92 Å². The molecule has 0 atom stereocenters. The predicted molar refractivity (Wildman–Crippen MR) is 105 cm³/mol. The number of carbonyl (C=O) groups is 2. The van der Waals surface area contributed by atoms with E-state index in [4.69, 9.17) is 0 Å². The summed E-state index contributed by atoms with van der Waals surface area (Å²) in [5.41, 5.74) is 0.659. The SMILES string of the molecule is Cc1cc([N+](=O)[O-])ccc1NC1(c2ccccc2)C(=O)c2ccccc2C1=O. The summed E-state index contributed by atoms with van der Waals surface area (Å²) in [5.74, 6) is -0.672. The molecule has 3 aromatic carbocycles. The van der Waals surface area contributed by atoms with Gasteiger partial charge in [0.25, 0.3) is 5.69 Å². The van der Waals surface area contributed by atoms with Crippen LogP contribution < -0.4 is 5.32 Å². The lowest BCUT2D eigenvalue weighted by atomic mass is 9.84. The first kappa shape index (κ1) is 17.6. The van der Waals surface area contributed by atoms with Gasteiger partial charge in [0.2, 0.25) is 11.6 Å². The van der Waals surface area contributed by atoms with Crippen LogP contribution in [0, 0.1) is 17.0 Å². The fraction of sp³-hybridized carbons (Fsp3) is 0.0909. The van der Waals surface area contributed by atoms with Crippen LogP contribution in [0.2, 0.25) is 0 Å². The molecule has 0 unspecified atom stereocenters. The molecule has 28 heavy (non-hydrogen) atoms.